The van der Waals surface area contributed by atoms with Gasteiger partial charge in [-0.1, -0.05) is 0 Å². The number of nitrogens with zero attached hydrogens (tertiary/aromatic N) is 2. The van der Waals surface area contributed by atoms with Crippen molar-refractivity contribution >= 4 is 6.21 Å². The second-order valence-corrected chi connectivity index (χ2v) is 2.25. The molecule has 13 heavy (non-hydrogen) atoms. The summed E-state index contributed by atoms with van der Waals surface area (Å²) in [4.78, 5) is 3.20. The Morgan fingerprint density at radius 3 is 2.46 bits per heavy atom. The van der Waals surface area contributed by atoms with Crippen LogP contribution in [0.25, 0.3) is 0 Å². The number of halogens is 3. The monoisotopic (exact) mass is 189 g/mol. The Hall–Kier alpha value is -1.59. The van der Waals surface area contributed by atoms with Crippen LogP contribution >= 0.6 is 0 Å². The second-order valence-electron chi connectivity index (χ2n) is 2.25. The molecule has 1 heterocycles. The predicted molar refractivity (Wildman–Crippen MR) is 41.0 cm³/mol. The molecule has 0 radical (unpaired) electrons. The van der Waals surface area contributed by atoms with E-state index in [1.54, 1.807) is 0 Å². The number of aromatic nitrogens is 1. The van der Waals surface area contributed by atoms with Gasteiger partial charge in [0.1, 0.15) is 5.69 Å². The number of alkyl halides is 3. The highest BCUT2D eigenvalue weighted by Gasteiger charge is 2.31. The number of pyridine rings is 1. The van der Waals surface area contributed by atoms with E-state index in [4.69, 9.17) is 5.84 Å². The van der Waals surface area contributed by atoms with Crippen LogP contribution in [0.1, 0.15) is 11.3 Å². The maximum Gasteiger partial charge on any atom is 0.433 e. The molecule has 0 bridgehead atoms. The third kappa shape index (κ3) is 2.43. The normalized spacial score (nSPS) is 12.2. The zero-order valence-electron chi connectivity index (χ0n) is 6.42. The molecular weight excluding hydrogens is 183 g/mol. The molecule has 1 aromatic heterocycles. The zero-order chi connectivity index (χ0) is 9.90. The lowest BCUT2D eigenvalue weighted by molar-refractivity contribution is -0.141. The van der Waals surface area contributed by atoms with Crippen molar-refractivity contribution < 1.29 is 13.2 Å². The topological polar surface area (TPSA) is 51.3 Å². The van der Waals surface area contributed by atoms with E-state index in [1.807, 2.05) is 0 Å². The molecule has 0 spiro atoms. The van der Waals surface area contributed by atoms with Crippen LogP contribution in [0.15, 0.2) is 23.4 Å². The number of hydrazone groups is 1. The minimum atomic E-state index is -4.40. The van der Waals surface area contributed by atoms with Gasteiger partial charge in [-0.2, -0.15) is 18.3 Å². The lowest BCUT2D eigenvalue weighted by Crippen LogP contribution is -2.07. The number of hydrogen-bond donors (Lipinski definition) is 1. The molecule has 0 atom stereocenters. The van der Waals surface area contributed by atoms with E-state index in [9.17, 15) is 13.2 Å². The summed E-state index contributed by atoms with van der Waals surface area (Å²) >= 11 is 0. The van der Waals surface area contributed by atoms with E-state index < -0.39 is 11.9 Å². The highest BCUT2D eigenvalue weighted by atomic mass is 19.4. The summed E-state index contributed by atoms with van der Waals surface area (Å²) in [5.41, 5.74) is -0.503. The number of rotatable bonds is 1. The van der Waals surface area contributed by atoms with Crippen LogP contribution in [0.3, 0.4) is 0 Å². The minimum Gasteiger partial charge on any atom is -0.323 e. The van der Waals surface area contributed by atoms with E-state index in [-0.39, 0.29) is 0 Å². The Balaban J connectivity index is 2.94. The van der Waals surface area contributed by atoms with Crippen LogP contribution in [-0.2, 0) is 6.18 Å². The average molecular weight is 189 g/mol. The fourth-order valence-electron chi connectivity index (χ4n) is 0.735. The molecule has 0 aromatic carbocycles. The quantitative estimate of drug-likeness (QED) is 0.412. The summed E-state index contributed by atoms with van der Waals surface area (Å²) in [6.07, 6.45) is -2.13. The van der Waals surface area contributed by atoms with Gasteiger partial charge in [0.25, 0.3) is 0 Å². The lowest BCUT2D eigenvalue weighted by Gasteiger charge is -2.04. The maximum atomic E-state index is 12.0. The van der Waals surface area contributed by atoms with Crippen molar-refractivity contribution in [2.75, 3.05) is 0 Å². The summed E-state index contributed by atoms with van der Waals surface area (Å²) in [5, 5.41) is 3.15. The molecule has 70 valence electrons. The maximum absolute atomic E-state index is 12.0. The summed E-state index contributed by atoms with van der Waals surface area (Å²) in [7, 11) is 0. The van der Waals surface area contributed by atoms with Crippen molar-refractivity contribution in [2.24, 2.45) is 10.9 Å². The van der Waals surface area contributed by atoms with Crippen LogP contribution in [0, 0.1) is 0 Å². The lowest BCUT2D eigenvalue weighted by atomic mass is 10.2. The van der Waals surface area contributed by atoms with Gasteiger partial charge < -0.3 is 5.84 Å². The van der Waals surface area contributed by atoms with Gasteiger partial charge in [0.2, 0.25) is 0 Å². The Bertz CT molecular complexity index is 302. The smallest absolute Gasteiger partial charge is 0.323 e. The van der Waals surface area contributed by atoms with Gasteiger partial charge in [-0.05, 0) is 12.1 Å². The summed E-state index contributed by atoms with van der Waals surface area (Å²) in [5.74, 6) is 4.80. The van der Waals surface area contributed by atoms with E-state index in [1.165, 1.54) is 12.3 Å². The molecule has 0 unspecified atom stereocenters. The largest absolute Gasteiger partial charge is 0.433 e. The van der Waals surface area contributed by atoms with Gasteiger partial charge in [-0.15, -0.1) is 0 Å². The van der Waals surface area contributed by atoms with Crippen molar-refractivity contribution in [1.82, 2.24) is 4.98 Å². The van der Waals surface area contributed by atoms with E-state index >= 15 is 0 Å². The third-order valence-corrected chi connectivity index (χ3v) is 1.30. The first-order chi connectivity index (χ1) is 6.04. The molecule has 1 aromatic rings. The Kier molecular flexibility index (Phi) is 2.50. The first-order valence-corrected chi connectivity index (χ1v) is 3.30. The molecule has 0 amide bonds. The van der Waals surface area contributed by atoms with Crippen molar-refractivity contribution in [2.45, 2.75) is 6.18 Å². The van der Waals surface area contributed by atoms with Crippen LogP contribution in [-0.4, -0.2) is 11.2 Å². The van der Waals surface area contributed by atoms with Crippen LogP contribution in [0.4, 0.5) is 13.2 Å². The zero-order valence-corrected chi connectivity index (χ0v) is 6.42. The predicted octanol–water partition coefficient (Wildman–Crippen LogP) is 1.39. The Labute approximate surface area is 72.1 Å². The SMILES string of the molecule is NN=Cc1ccc(C(F)(F)F)nc1. The van der Waals surface area contributed by atoms with Gasteiger partial charge in [-0.3, -0.25) is 4.98 Å². The Morgan fingerprint density at radius 1 is 1.38 bits per heavy atom. The van der Waals surface area contributed by atoms with Crippen LogP contribution in [0.5, 0.6) is 0 Å². The first-order valence-electron chi connectivity index (χ1n) is 3.30. The fourth-order valence-corrected chi connectivity index (χ4v) is 0.735. The van der Waals surface area contributed by atoms with Gasteiger partial charge in [-0.25, -0.2) is 0 Å². The van der Waals surface area contributed by atoms with Gasteiger partial charge >= 0.3 is 6.18 Å². The molecule has 0 saturated carbocycles. The molecule has 0 saturated heterocycles. The molecular formula is C7H6F3N3. The number of nitrogens with two attached hydrogens (primary N) is 1. The third-order valence-electron chi connectivity index (χ3n) is 1.30. The summed E-state index contributed by atoms with van der Waals surface area (Å²) in [6.45, 7) is 0. The standard InChI is InChI=1S/C7H6F3N3/c8-7(9,10)6-2-1-5(3-12-6)4-13-11/h1-4H,11H2. The van der Waals surface area contributed by atoms with Crippen molar-refractivity contribution in [3.8, 4) is 0 Å². The van der Waals surface area contributed by atoms with Crippen LogP contribution in [0.2, 0.25) is 0 Å². The molecule has 6 heteroatoms. The van der Waals surface area contributed by atoms with Gasteiger partial charge in [0, 0.05) is 11.8 Å². The second kappa shape index (κ2) is 3.42. The average Bonchev–Trinajstić information content (AvgIpc) is 2.04. The molecule has 0 aliphatic rings. The Morgan fingerprint density at radius 2 is 2.08 bits per heavy atom. The molecule has 0 fully saturated rings. The molecule has 3 nitrogen and oxygen atoms in total. The van der Waals surface area contributed by atoms with Crippen molar-refractivity contribution in [1.29, 1.82) is 0 Å². The first kappa shape index (κ1) is 9.50. The molecule has 0 aliphatic heterocycles. The summed E-state index contributed by atoms with van der Waals surface area (Å²) in [6, 6.07) is 2.11. The fraction of sp³-hybridized carbons (Fsp3) is 0.143. The van der Waals surface area contributed by atoms with E-state index in [2.05, 4.69) is 10.1 Å². The summed E-state index contributed by atoms with van der Waals surface area (Å²) < 4.78 is 36.0. The van der Waals surface area contributed by atoms with E-state index in [0.717, 1.165) is 12.3 Å². The van der Waals surface area contributed by atoms with E-state index in [0.29, 0.717) is 5.56 Å². The molecule has 2 N–H and O–H groups in total. The van der Waals surface area contributed by atoms with Gasteiger partial charge in [0.05, 0.1) is 6.21 Å². The highest BCUT2D eigenvalue weighted by molar-refractivity contribution is 5.78. The van der Waals surface area contributed by atoms with Crippen molar-refractivity contribution in [3.63, 3.8) is 0 Å². The van der Waals surface area contributed by atoms with Gasteiger partial charge in [0.15, 0.2) is 0 Å². The molecule has 1 rings (SSSR count). The minimum absolute atomic E-state index is 0.426. The van der Waals surface area contributed by atoms with Crippen molar-refractivity contribution in [3.05, 3.63) is 29.6 Å². The highest BCUT2D eigenvalue weighted by Crippen LogP contribution is 2.26. The van der Waals surface area contributed by atoms with Crippen LogP contribution < -0.4 is 5.84 Å². The molecule has 0 aliphatic carbocycles. The number of hydrogen-bond acceptors (Lipinski definition) is 3.